The van der Waals surface area contributed by atoms with E-state index in [4.69, 9.17) is 0 Å². The van der Waals surface area contributed by atoms with Crippen LogP contribution in [0.4, 0.5) is 5.69 Å². The van der Waals surface area contributed by atoms with Crippen LogP contribution >= 0.6 is 35.7 Å². The van der Waals surface area contributed by atoms with E-state index in [9.17, 15) is 0 Å². The van der Waals surface area contributed by atoms with Crippen molar-refractivity contribution in [3.05, 3.63) is 12.4 Å². The molecule has 1 aliphatic heterocycles. The van der Waals surface area contributed by atoms with Crippen LogP contribution in [0.15, 0.2) is 17.4 Å². The van der Waals surface area contributed by atoms with Crippen molar-refractivity contribution < 1.29 is 0 Å². The molecule has 0 spiro atoms. The Morgan fingerprint density at radius 3 is 2.83 bits per heavy atom. The van der Waals surface area contributed by atoms with Crippen molar-refractivity contribution >= 4 is 47.4 Å². The van der Waals surface area contributed by atoms with Gasteiger partial charge in [-0.1, -0.05) is 0 Å². The Kier molecular flexibility index (Phi) is 8.69. The molecule has 0 radical (unpaired) electrons. The molecule has 0 bridgehead atoms. The van der Waals surface area contributed by atoms with E-state index in [1.54, 1.807) is 0 Å². The van der Waals surface area contributed by atoms with Gasteiger partial charge in [-0.3, -0.25) is 9.67 Å². The van der Waals surface area contributed by atoms with Crippen LogP contribution in [0.1, 0.15) is 26.7 Å². The number of guanidine groups is 1. The third-order valence-corrected chi connectivity index (χ3v) is 5.53. The van der Waals surface area contributed by atoms with Crippen molar-refractivity contribution in [2.24, 2.45) is 12.0 Å². The molecule has 8 heteroatoms. The number of nitrogens with zero attached hydrogens (tertiary/aromatic N) is 4. The molecule has 2 heterocycles. The Bertz CT molecular complexity index is 530. The van der Waals surface area contributed by atoms with Crippen LogP contribution in [-0.2, 0) is 7.05 Å². The van der Waals surface area contributed by atoms with E-state index in [1.807, 2.05) is 36.7 Å². The number of piperidine rings is 1. The van der Waals surface area contributed by atoms with Gasteiger partial charge in [-0.25, -0.2) is 0 Å². The fraction of sp³-hybridized carbons (Fsp3) is 0.750. The number of hydrogen-bond acceptors (Lipinski definition) is 4. The molecule has 0 aliphatic carbocycles. The van der Waals surface area contributed by atoms with Crippen LogP contribution in [0, 0.1) is 0 Å². The monoisotopic (exact) mass is 466 g/mol. The molecule has 1 saturated heterocycles. The zero-order chi connectivity index (χ0) is 16.9. The van der Waals surface area contributed by atoms with E-state index in [0.717, 1.165) is 25.6 Å². The summed E-state index contributed by atoms with van der Waals surface area (Å²) in [5, 5.41) is 11.3. The van der Waals surface area contributed by atoms with Crippen LogP contribution in [0.2, 0.25) is 0 Å². The van der Waals surface area contributed by atoms with Gasteiger partial charge in [0, 0.05) is 50.7 Å². The molecule has 1 atom stereocenters. The zero-order valence-corrected chi connectivity index (χ0v) is 18.5. The maximum Gasteiger partial charge on any atom is 0.191 e. The van der Waals surface area contributed by atoms with E-state index in [0.29, 0.717) is 6.04 Å². The van der Waals surface area contributed by atoms with Crippen LogP contribution < -0.4 is 15.5 Å². The van der Waals surface area contributed by atoms with Gasteiger partial charge < -0.3 is 15.5 Å². The number of aliphatic imine (C=N–C) groups is 1. The molecular weight excluding hydrogens is 435 g/mol. The zero-order valence-electron chi connectivity index (χ0n) is 15.4. The van der Waals surface area contributed by atoms with Gasteiger partial charge in [0.15, 0.2) is 5.96 Å². The summed E-state index contributed by atoms with van der Waals surface area (Å²) in [6.45, 7) is 7.45. The molecule has 0 aromatic carbocycles. The van der Waals surface area contributed by atoms with Gasteiger partial charge in [0.05, 0.1) is 11.9 Å². The average molecular weight is 466 g/mol. The highest BCUT2D eigenvalue weighted by atomic mass is 127. The van der Waals surface area contributed by atoms with Crippen molar-refractivity contribution in [1.29, 1.82) is 0 Å². The first kappa shape index (κ1) is 21.4. The largest absolute Gasteiger partial charge is 0.367 e. The van der Waals surface area contributed by atoms with Crippen LogP contribution in [0.3, 0.4) is 0 Å². The third kappa shape index (κ3) is 6.34. The van der Waals surface area contributed by atoms with Gasteiger partial charge in [0.1, 0.15) is 0 Å². The van der Waals surface area contributed by atoms with Gasteiger partial charge in [0.25, 0.3) is 0 Å². The van der Waals surface area contributed by atoms with E-state index >= 15 is 0 Å². The molecule has 1 aromatic heterocycles. The second kappa shape index (κ2) is 9.74. The van der Waals surface area contributed by atoms with Crippen molar-refractivity contribution in [3.8, 4) is 0 Å². The Hall–Kier alpha value is -0.640. The Morgan fingerprint density at radius 2 is 2.25 bits per heavy atom. The lowest BCUT2D eigenvalue weighted by atomic mass is 10.1. The Balaban J connectivity index is 0.00000288. The summed E-state index contributed by atoms with van der Waals surface area (Å²) in [6.07, 6.45) is 8.51. The van der Waals surface area contributed by atoms with E-state index in [2.05, 4.69) is 51.9 Å². The summed E-state index contributed by atoms with van der Waals surface area (Å²) in [6, 6.07) is 0.410. The molecule has 6 nitrogen and oxygen atoms in total. The lowest BCUT2D eigenvalue weighted by Gasteiger charge is -2.35. The summed E-state index contributed by atoms with van der Waals surface area (Å²) in [7, 11) is 3.80. The van der Waals surface area contributed by atoms with E-state index in [-0.39, 0.29) is 28.7 Å². The highest BCUT2D eigenvalue weighted by molar-refractivity contribution is 14.0. The lowest BCUT2D eigenvalue weighted by Crippen LogP contribution is -2.52. The number of aromatic nitrogens is 2. The summed E-state index contributed by atoms with van der Waals surface area (Å²) in [4.78, 5) is 6.77. The fourth-order valence-electron chi connectivity index (χ4n) is 2.66. The highest BCUT2D eigenvalue weighted by Gasteiger charge is 2.22. The average Bonchev–Trinajstić information content (AvgIpc) is 2.98. The van der Waals surface area contributed by atoms with Gasteiger partial charge in [-0.15, -0.1) is 24.0 Å². The summed E-state index contributed by atoms with van der Waals surface area (Å²) < 4.78 is 2.06. The number of halogens is 1. The number of hydrogen-bond donors (Lipinski definition) is 2. The molecule has 1 unspecified atom stereocenters. The topological polar surface area (TPSA) is 57.5 Å². The molecule has 2 N–H and O–H groups in total. The predicted octanol–water partition coefficient (Wildman–Crippen LogP) is 2.31. The molecule has 24 heavy (non-hydrogen) atoms. The number of nitrogens with one attached hydrogen (secondary N) is 2. The summed E-state index contributed by atoms with van der Waals surface area (Å²) >= 11 is 1.86. The van der Waals surface area contributed by atoms with Gasteiger partial charge in [-0.05, 0) is 32.9 Å². The normalized spacial score (nSPS) is 19.0. The van der Waals surface area contributed by atoms with Crippen LogP contribution in [0.5, 0.6) is 0 Å². The van der Waals surface area contributed by atoms with Crippen molar-refractivity contribution in [1.82, 2.24) is 20.4 Å². The van der Waals surface area contributed by atoms with Crippen molar-refractivity contribution in [2.75, 3.05) is 37.8 Å². The minimum atomic E-state index is 0. The molecular formula is C16H31IN6S. The number of rotatable bonds is 5. The molecule has 138 valence electrons. The summed E-state index contributed by atoms with van der Waals surface area (Å²) in [5.74, 6) is 0.894. The maximum absolute atomic E-state index is 4.37. The van der Waals surface area contributed by atoms with Crippen molar-refractivity contribution in [2.45, 2.75) is 37.5 Å². The first-order chi connectivity index (χ1) is 10.9. The number of thioether (sulfide) groups is 1. The quantitative estimate of drug-likeness (QED) is 0.397. The van der Waals surface area contributed by atoms with E-state index < -0.39 is 0 Å². The first-order valence-corrected chi connectivity index (χ1v) is 9.42. The van der Waals surface area contributed by atoms with Crippen LogP contribution in [-0.4, -0.2) is 59.5 Å². The van der Waals surface area contributed by atoms with Gasteiger partial charge in [-0.2, -0.15) is 16.9 Å². The van der Waals surface area contributed by atoms with E-state index in [1.165, 1.54) is 18.5 Å². The van der Waals surface area contributed by atoms with Gasteiger partial charge in [0.2, 0.25) is 0 Å². The fourth-order valence-corrected chi connectivity index (χ4v) is 2.87. The lowest BCUT2D eigenvalue weighted by molar-refractivity contribution is 0.467. The molecule has 2 rings (SSSR count). The van der Waals surface area contributed by atoms with Crippen LogP contribution in [0.25, 0.3) is 0 Å². The molecule has 0 saturated carbocycles. The third-order valence-electron chi connectivity index (χ3n) is 4.28. The molecule has 1 aliphatic rings. The van der Waals surface area contributed by atoms with Crippen molar-refractivity contribution in [3.63, 3.8) is 0 Å². The smallest absolute Gasteiger partial charge is 0.191 e. The Morgan fingerprint density at radius 1 is 1.50 bits per heavy atom. The molecule has 1 aromatic rings. The molecule has 1 fully saturated rings. The predicted molar refractivity (Wildman–Crippen MR) is 116 cm³/mol. The maximum atomic E-state index is 4.37. The summed E-state index contributed by atoms with van der Waals surface area (Å²) in [5.41, 5.74) is 1.20. The highest BCUT2D eigenvalue weighted by Crippen LogP contribution is 2.20. The minimum absolute atomic E-state index is 0. The minimum Gasteiger partial charge on any atom is -0.367 e. The standard InChI is InChI=1S/C16H30N6S.HI/c1-16(2,23-5)12-18-15(17-3)20-13-7-6-8-22(10-13)14-9-19-21(4)11-14;/h9,11,13H,6-8,10,12H2,1-5H3,(H2,17,18,20);1H. The Labute approximate surface area is 167 Å². The SMILES string of the molecule is CN=C(NCC(C)(C)SC)NC1CCCN(c2cnn(C)c2)C1.I. The molecule has 0 amide bonds. The number of anilines is 1. The second-order valence-corrected chi connectivity index (χ2v) is 8.20. The second-order valence-electron chi connectivity index (χ2n) is 6.69. The number of aryl methyl sites for hydroxylation is 1. The first-order valence-electron chi connectivity index (χ1n) is 8.19. The van der Waals surface area contributed by atoms with Gasteiger partial charge >= 0.3 is 0 Å².